The molecule has 3 nitrogen and oxygen atoms in total. The van der Waals surface area contributed by atoms with Crippen LogP contribution in [0.1, 0.15) is 46.0 Å². The van der Waals surface area contributed by atoms with Gasteiger partial charge in [-0.3, -0.25) is 0 Å². The second-order valence-electron chi connectivity index (χ2n) is 6.04. The standard InChI is InChI=1S/C13H25NO2/c1-13(2)8-11(5-6-16-13)14-9-10-3-4-12(15)7-10/h10-12,14-15H,3-9H2,1-2H3. The van der Waals surface area contributed by atoms with Crippen molar-refractivity contribution in [1.82, 2.24) is 5.32 Å². The monoisotopic (exact) mass is 227 g/mol. The smallest absolute Gasteiger partial charge is 0.0641 e. The van der Waals surface area contributed by atoms with E-state index in [0.29, 0.717) is 12.0 Å². The van der Waals surface area contributed by atoms with Crippen molar-refractivity contribution in [1.29, 1.82) is 0 Å². The third-order valence-corrected chi connectivity index (χ3v) is 3.91. The molecule has 2 N–H and O–H groups in total. The molecule has 3 heteroatoms. The van der Waals surface area contributed by atoms with Gasteiger partial charge in [0.05, 0.1) is 11.7 Å². The van der Waals surface area contributed by atoms with Crippen LogP contribution in [0.5, 0.6) is 0 Å². The first-order chi connectivity index (χ1) is 7.55. The molecule has 2 aliphatic rings. The molecule has 0 radical (unpaired) electrons. The van der Waals surface area contributed by atoms with Crippen LogP contribution in [0.25, 0.3) is 0 Å². The maximum Gasteiger partial charge on any atom is 0.0641 e. The van der Waals surface area contributed by atoms with Gasteiger partial charge in [0.1, 0.15) is 0 Å². The van der Waals surface area contributed by atoms with Crippen molar-refractivity contribution in [2.24, 2.45) is 5.92 Å². The highest BCUT2D eigenvalue weighted by atomic mass is 16.5. The number of rotatable bonds is 3. The SMILES string of the molecule is CC1(C)CC(NCC2CCC(O)C2)CCO1. The van der Waals surface area contributed by atoms with E-state index in [1.807, 2.05) is 0 Å². The second kappa shape index (κ2) is 5.03. The van der Waals surface area contributed by atoms with Crippen molar-refractivity contribution in [3.8, 4) is 0 Å². The summed E-state index contributed by atoms with van der Waals surface area (Å²) in [5, 5.41) is 13.1. The lowest BCUT2D eigenvalue weighted by Crippen LogP contribution is -2.44. The van der Waals surface area contributed by atoms with Crippen LogP contribution in [0, 0.1) is 5.92 Å². The van der Waals surface area contributed by atoms with Crippen molar-refractivity contribution < 1.29 is 9.84 Å². The summed E-state index contributed by atoms with van der Waals surface area (Å²) in [4.78, 5) is 0. The molecule has 1 aliphatic heterocycles. The van der Waals surface area contributed by atoms with Gasteiger partial charge in [-0.25, -0.2) is 0 Å². The molecule has 0 spiro atoms. The Morgan fingerprint density at radius 1 is 1.31 bits per heavy atom. The van der Waals surface area contributed by atoms with E-state index >= 15 is 0 Å². The highest BCUT2D eigenvalue weighted by Gasteiger charge is 2.29. The molecule has 0 bridgehead atoms. The zero-order chi connectivity index (χ0) is 11.6. The van der Waals surface area contributed by atoms with Crippen LogP contribution in [0.2, 0.25) is 0 Å². The van der Waals surface area contributed by atoms with Gasteiger partial charge in [-0.1, -0.05) is 0 Å². The molecule has 0 aromatic rings. The predicted octanol–water partition coefficient (Wildman–Crippen LogP) is 1.69. The molecule has 1 aliphatic carbocycles. The van der Waals surface area contributed by atoms with Gasteiger partial charge in [-0.2, -0.15) is 0 Å². The van der Waals surface area contributed by atoms with Crippen LogP contribution in [0.3, 0.4) is 0 Å². The van der Waals surface area contributed by atoms with Gasteiger partial charge >= 0.3 is 0 Å². The molecular formula is C13H25NO2. The lowest BCUT2D eigenvalue weighted by Gasteiger charge is -2.36. The second-order valence-corrected chi connectivity index (χ2v) is 6.04. The minimum atomic E-state index is -0.0436. The fourth-order valence-electron chi connectivity index (χ4n) is 2.97. The summed E-state index contributed by atoms with van der Waals surface area (Å²) >= 11 is 0. The van der Waals surface area contributed by atoms with Crippen LogP contribution < -0.4 is 5.32 Å². The molecule has 0 aromatic heterocycles. The Morgan fingerprint density at radius 3 is 2.75 bits per heavy atom. The average Bonchev–Trinajstić information content (AvgIpc) is 2.60. The maximum atomic E-state index is 9.47. The zero-order valence-electron chi connectivity index (χ0n) is 10.5. The van der Waals surface area contributed by atoms with Gasteiger partial charge in [0.25, 0.3) is 0 Å². The van der Waals surface area contributed by atoms with E-state index < -0.39 is 0 Å². The first-order valence-corrected chi connectivity index (χ1v) is 6.60. The number of nitrogens with one attached hydrogen (secondary N) is 1. The van der Waals surface area contributed by atoms with Crippen LogP contribution in [-0.4, -0.2) is 36.0 Å². The number of ether oxygens (including phenoxy) is 1. The lowest BCUT2D eigenvalue weighted by molar-refractivity contribution is -0.0631. The van der Waals surface area contributed by atoms with Gasteiger partial charge in [0.2, 0.25) is 0 Å². The minimum Gasteiger partial charge on any atom is -0.393 e. The van der Waals surface area contributed by atoms with E-state index in [1.165, 1.54) is 6.42 Å². The van der Waals surface area contributed by atoms with Crippen LogP contribution in [0.15, 0.2) is 0 Å². The number of aliphatic hydroxyl groups excluding tert-OH is 1. The highest BCUT2D eigenvalue weighted by Crippen LogP contribution is 2.27. The Hall–Kier alpha value is -0.120. The number of hydrogen-bond donors (Lipinski definition) is 2. The summed E-state index contributed by atoms with van der Waals surface area (Å²) < 4.78 is 5.70. The van der Waals surface area contributed by atoms with E-state index in [1.54, 1.807) is 0 Å². The van der Waals surface area contributed by atoms with E-state index in [-0.39, 0.29) is 11.7 Å². The van der Waals surface area contributed by atoms with Crippen LogP contribution in [-0.2, 0) is 4.74 Å². The van der Waals surface area contributed by atoms with Gasteiger partial charge in [-0.15, -0.1) is 0 Å². The first-order valence-electron chi connectivity index (χ1n) is 6.60. The Labute approximate surface area is 98.6 Å². The molecule has 3 unspecified atom stereocenters. The molecule has 2 fully saturated rings. The molecule has 3 atom stereocenters. The molecule has 0 amide bonds. The summed E-state index contributed by atoms with van der Waals surface area (Å²) in [6.07, 6.45) is 5.34. The van der Waals surface area contributed by atoms with Gasteiger partial charge in [0, 0.05) is 12.6 Å². The lowest BCUT2D eigenvalue weighted by atomic mass is 9.93. The molecule has 0 aromatic carbocycles. The third-order valence-electron chi connectivity index (χ3n) is 3.91. The van der Waals surface area contributed by atoms with Crippen molar-refractivity contribution in [2.75, 3.05) is 13.2 Å². The molecule has 1 saturated heterocycles. The summed E-state index contributed by atoms with van der Waals surface area (Å²) in [5.41, 5.74) is 0.0328. The summed E-state index contributed by atoms with van der Waals surface area (Å²) in [6.45, 7) is 6.27. The number of aliphatic hydroxyl groups is 1. The van der Waals surface area contributed by atoms with Crippen molar-refractivity contribution in [3.05, 3.63) is 0 Å². The summed E-state index contributed by atoms with van der Waals surface area (Å²) in [6, 6.07) is 0.599. The van der Waals surface area contributed by atoms with E-state index in [0.717, 1.165) is 38.8 Å². The van der Waals surface area contributed by atoms with Crippen LogP contribution in [0.4, 0.5) is 0 Å². The topological polar surface area (TPSA) is 41.5 Å². The molecular weight excluding hydrogens is 202 g/mol. The maximum absolute atomic E-state index is 9.47. The van der Waals surface area contributed by atoms with Crippen molar-refractivity contribution in [2.45, 2.75) is 63.7 Å². The Bertz CT molecular complexity index is 230. The average molecular weight is 227 g/mol. The van der Waals surface area contributed by atoms with E-state index in [2.05, 4.69) is 19.2 Å². The van der Waals surface area contributed by atoms with E-state index in [4.69, 9.17) is 4.74 Å². The summed E-state index contributed by atoms with van der Waals surface area (Å²) in [7, 11) is 0. The predicted molar refractivity (Wildman–Crippen MR) is 64.4 cm³/mol. The quantitative estimate of drug-likeness (QED) is 0.771. The molecule has 16 heavy (non-hydrogen) atoms. The normalized spacial score (nSPS) is 38.8. The van der Waals surface area contributed by atoms with Gasteiger partial charge < -0.3 is 15.2 Å². The largest absolute Gasteiger partial charge is 0.393 e. The molecule has 1 heterocycles. The zero-order valence-corrected chi connectivity index (χ0v) is 10.5. The Balaban J connectivity index is 1.69. The third kappa shape index (κ3) is 3.44. The van der Waals surface area contributed by atoms with Gasteiger partial charge in [-0.05, 0) is 58.4 Å². The molecule has 2 rings (SSSR count). The molecule has 94 valence electrons. The van der Waals surface area contributed by atoms with Crippen molar-refractivity contribution >= 4 is 0 Å². The highest BCUT2D eigenvalue weighted by molar-refractivity contribution is 4.84. The summed E-state index contributed by atoms with van der Waals surface area (Å²) in [5.74, 6) is 0.681. The Morgan fingerprint density at radius 2 is 2.12 bits per heavy atom. The van der Waals surface area contributed by atoms with Crippen molar-refractivity contribution in [3.63, 3.8) is 0 Å². The number of hydrogen-bond acceptors (Lipinski definition) is 3. The van der Waals surface area contributed by atoms with E-state index in [9.17, 15) is 5.11 Å². The van der Waals surface area contributed by atoms with Crippen LogP contribution >= 0.6 is 0 Å². The Kier molecular flexibility index (Phi) is 3.88. The minimum absolute atomic E-state index is 0.0328. The first kappa shape index (κ1) is 12.3. The molecule has 1 saturated carbocycles. The van der Waals surface area contributed by atoms with Gasteiger partial charge in [0.15, 0.2) is 0 Å². The fraction of sp³-hybridized carbons (Fsp3) is 1.00. The fourth-order valence-corrected chi connectivity index (χ4v) is 2.97.